The van der Waals surface area contributed by atoms with Gasteiger partial charge in [-0.1, -0.05) is 44.5 Å². The van der Waals surface area contributed by atoms with Gasteiger partial charge in [-0.05, 0) is 59.9 Å². The number of rotatable bonds is 10. The van der Waals surface area contributed by atoms with Crippen molar-refractivity contribution in [1.29, 1.82) is 0 Å². The summed E-state index contributed by atoms with van der Waals surface area (Å²) in [7, 11) is 0. The van der Waals surface area contributed by atoms with Crippen LogP contribution >= 0.6 is 0 Å². The van der Waals surface area contributed by atoms with Crippen molar-refractivity contribution in [3.8, 4) is 5.75 Å². The molecule has 0 aliphatic heterocycles. The number of aryl methyl sites for hydroxylation is 1. The molecule has 8 heteroatoms. The number of pyridine rings is 1. The summed E-state index contributed by atoms with van der Waals surface area (Å²) in [6, 6.07) is 16.6. The van der Waals surface area contributed by atoms with E-state index in [0.29, 0.717) is 40.6 Å². The van der Waals surface area contributed by atoms with Gasteiger partial charge in [0.25, 0.3) is 11.8 Å². The number of hydrogen-bond acceptors (Lipinski definition) is 5. The van der Waals surface area contributed by atoms with E-state index >= 15 is 0 Å². The third-order valence-corrected chi connectivity index (χ3v) is 6.71. The minimum atomic E-state index is -0.654. The molecule has 2 amide bonds. The third-order valence-electron chi connectivity index (χ3n) is 6.71. The number of hydrogen-bond donors (Lipinski definition) is 3. The van der Waals surface area contributed by atoms with E-state index in [1.54, 1.807) is 42.6 Å². The van der Waals surface area contributed by atoms with Gasteiger partial charge in [-0.2, -0.15) is 0 Å². The summed E-state index contributed by atoms with van der Waals surface area (Å²) < 4.78 is 20.3. The van der Waals surface area contributed by atoms with Crippen LogP contribution in [0.25, 0.3) is 10.9 Å². The quantitative estimate of drug-likeness (QED) is 0.242. The molecule has 7 nitrogen and oxygen atoms in total. The second-order valence-corrected chi connectivity index (χ2v) is 9.57. The maximum absolute atomic E-state index is 14.7. The van der Waals surface area contributed by atoms with Crippen molar-refractivity contribution in [3.63, 3.8) is 0 Å². The highest BCUT2D eigenvalue weighted by Crippen LogP contribution is 2.26. The Kier molecular flexibility index (Phi) is 8.88. The van der Waals surface area contributed by atoms with Gasteiger partial charge in [0.1, 0.15) is 11.6 Å². The molecule has 4 rings (SSSR count). The summed E-state index contributed by atoms with van der Waals surface area (Å²) in [5.74, 6) is -0.758. The molecule has 0 aliphatic carbocycles. The molecule has 0 spiro atoms. The fourth-order valence-electron chi connectivity index (χ4n) is 4.10. The van der Waals surface area contributed by atoms with E-state index in [1.807, 2.05) is 19.1 Å². The van der Waals surface area contributed by atoms with Crippen molar-refractivity contribution in [3.05, 3.63) is 100 Å². The van der Waals surface area contributed by atoms with Crippen molar-refractivity contribution in [1.82, 2.24) is 10.3 Å². The predicted molar refractivity (Wildman–Crippen MR) is 149 cm³/mol. The molecule has 0 saturated heterocycles. The molecular formula is C31H32FN3O4. The van der Waals surface area contributed by atoms with Crippen LogP contribution in [0.2, 0.25) is 0 Å². The number of halogens is 1. The number of fused-ring (bicyclic) bond motifs is 1. The van der Waals surface area contributed by atoms with Crippen molar-refractivity contribution < 1.29 is 23.8 Å². The molecule has 39 heavy (non-hydrogen) atoms. The summed E-state index contributed by atoms with van der Waals surface area (Å²) in [6.07, 6.45) is 2.62. The first-order valence-corrected chi connectivity index (χ1v) is 12.9. The summed E-state index contributed by atoms with van der Waals surface area (Å²) in [5.41, 5.74) is 3.65. The SMILES string of the molecule is CCC(C)COc1ccc(C(=O)Nc2ccc3cc(CNC(=O)c4ccccc4CO)cnc3c2C)c(F)c1. The molecule has 0 fully saturated rings. The zero-order valence-corrected chi connectivity index (χ0v) is 22.3. The van der Waals surface area contributed by atoms with Gasteiger partial charge in [0, 0.05) is 35.4 Å². The molecule has 1 aromatic heterocycles. The lowest BCUT2D eigenvalue weighted by Crippen LogP contribution is -2.24. The van der Waals surface area contributed by atoms with Crippen LogP contribution in [0.5, 0.6) is 5.75 Å². The number of nitrogens with one attached hydrogen (secondary N) is 2. The zero-order chi connectivity index (χ0) is 27.9. The standard InChI is InChI=1S/C31H32FN3O4/c1-4-19(2)18-39-24-10-11-26(27(32)14-24)31(38)35-28-12-9-22-13-21(15-33-29(22)20(28)3)16-34-30(37)25-8-6-5-7-23(25)17-36/h5-15,19,36H,4,16-18H2,1-3H3,(H,34,37)(H,35,38). The van der Waals surface area contributed by atoms with Gasteiger partial charge in [0.15, 0.2) is 0 Å². The highest BCUT2D eigenvalue weighted by Gasteiger charge is 2.16. The lowest BCUT2D eigenvalue weighted by atomic mass is 10.1. The van der Waals surface area contributed by atoms with Crippen LogP contribution in [-0.4, -0.2) is 28.5 Å². The molecule has 0 aliphatic rings. The molecule has 4 aromatic rings. The molecule has 1 atom stereocenters. The van der Waals surface area contributed by atoms with Gasteiger partial charge in [0.05, 0.1) is 24.3 Å². The number of aliphatic hydroxyl groups is 1. The summed E-state index contributed by atoms with van der Waals surface area (Å²) in [4.78, 5) is 30.0. The van der Waals surface area contributed by atoms with E-state index in [0.717, 1.165) is 22.9 Å². The Labute approximate surface area is 227 Å². The van der Waals surface area contributed by atoms with E-state index in [-0.39, 0.29) is 24.6 Å². The predicted octanol–water partition coefficient (Wildman–Crippen LogP) is 5.78. The molecule has 0 bridgehead atoms. The number of nitrogens with zero attached hydrogens (tertiary/aromatic N) is 1. The molecular weight excluding hydrogens is 497 g/mol. The van der Waals surface area contributed by atoms with Gasteiger partial charge in [-0.25, -0.2) is 4.39 Å². The first kappa shape index (κ1) is 27.7. The molecule has 1 unspecified atom stereocenters. The lowest BCUT2D eigenvalue weighted by molar-refractivity contribution is 0.0947. The summed E-state index contributed by atoms with van der Waals surface area (Å²) in [6.45, 7) is 6.47. The Bertz CT molecular complexity index is 1500. The molecule has 3 N–H and O–H groups in total. The summed E-state index contributed by atoms with van der Waals surface area (Å²) in [5, 5.41) is 15.9. The topological polar surface area (TPSA) is 101 Å². The average molecular weight is 530 g/mol. The van der Waals surface area contributed by atoms with Crippen LogP contribution in [0.4, 0.5) is 10.1 Å². The molecule has 0 saturated carbocycles. The van der Waals surface area contributed by atoms with E-state index in [1.165, 1.54) is 12.1 Å². The second-order valence-electron chi connectivity index (χ2n) is 9.57. The Morgan fingerprint density at radius 3 is 2.59 bits per heavy atom. The number of carbonyl (C=O) groups is 2. The smallest absolute Gasteiger partial charge is 0.258 e. The van der Waals surface area contributed by atoms with Crippen LogP contribution in [0.1, 0.15) is 57.7 Å². The number of carbonyl (C=O) groups excluding carboxylic acids is 2. The third kappa shape index (κ3) is 6.59. The first-order chi connectivity index (χ1) is 18.8. The molecule has 0 radical (unpaired) electrons. The van der Waals surface area contributed by atoms with Crippen LogP contribution < -0.4 is 15.4 Å². The Morgan fingerprint density at radius 2 is 1.85 bits per heavy atom. The van der Waals surface area contributed by atoms with E-state index in [2.05, 4.69) is 29.5 Å². The highest BCUT2D eigenvalue weighted by molar-refractivity contribution is 6.06. The fraction of sp³-hybridized carbons (Fsp3) is 0.258. The number of ether oxygens (including phenoxy) is 1. The number of aliphatic hydroxyl groups excluding tert-OH is 1. The maximum Gasteiger partial charge on any atom is 0.258 e. The van der Waals surface area contributed by atoms with Gasteiger partial charge < -0.3 is 20.5 Å². The maximum atomic E-state index is 14.7. The molecule has 202 valence electrons. The van der Waals surface area contributed by atoms with Crippen molar-refractivity contribution in [2.24, 2.45) is 5.92 Å². The van der Waals surface area contributed by atoms with Crippen LogP contribution in [0, 0.1) is 18.7 Å². The first-order valence-electron chi connectivity index (χ1n) is 12.9. The number of aromatic nitrogens is 1. The van der Waals surface area contributed by atoms with E-state index < -0.39 is 11.7 Å². The number of benzene rings is 3. The van der Waals surface area contributed by atoms with Gasteiger partial charge >= 0.3 is 0 Å². The average Bonchev–Trinajstić information content (AvgIpc) is 2.95. The highest BCUT2D eigenvalue weighted by atomic mass is 19.1. The van der Waals surface area contributed by atoms with Gasteiger partial charge in [0.2, 0.25) is 0 Å². The van der Waals surface area contributed by atoms with E-state index in [9.17, 15) is 19.1 Å². The van der Waals surface area contributed by atoms with Crippen LogP contribution in [0.3, 0.4) is 0 Å². The molecule has 3 aromatic carbocycles. The van der Waals surface area contributed by atoms with E-state index in [4.69, 9.17) is 4.74 Å². The minimum Gasteiger partial charge on any atom is -0.493 e. The Balaban J connectivity index is 1.44. The second kappa shape index (κ2) is 12.5. The van der Waals surface area contributed by atoms with Crippen molar-refractivity contribution >= 4 is 28.4 Å². The number of anilines is 1. The van der Waals surface area contributed by atoms with Crippen molar-refractivity contribution in [2.45, 2.75) is 40.3 Å². The van der Waals surface area contributed by atoms with Crippen LogP contribution in [-0.2, 0) is 13.2 Å². The Morgan fingerprint density at radius 1 is 1.05 bits per heavy atom. The minimum absolute atomic E-state index is 0.0767. The lowest BCUT2D eigenvalue weighted by Gasteiger charge is -2.14. The number of amides is 2. The van der Waals surface area contributed by atoms with Gasteiger partial charge in [-0.3, -0.25) is 14.6 Å². The molecule has 1 heterocycles. The van der Waals surface area contributed by atoms with Crippen LogP contribution in [0.15, 0.2) is 66.9 Å². The summed E-state index contributed by atoms with van der Waals surface area (Å²) >= 11 is 0. The van der Waals surface area contributed by atoms with Crippen molar-refractivity contribution in [2.75, 3.05) is 11.9 Å². The monoisotopic (exact) mass is 529 g/mol. The van der Waals surface area contributed by atoms with Gasteiger partial charge in [-0.15, -0.1) is 0 Å². The normalized spacial score (nSPS) is 11.7. The fourth-order valence-corrected chi connectivity index (χ4v) is 4.10. The Hall–Kier alpha value is -4.30. The zero-order valence-electron chi connectivity index (χ0n) is 22.3. The largest absolute Gasteiger partial charge is 0.493 e.